The Labute approximate surface area is 208 Å². The lowest BCUT2D eigenvalue weighted by Crippen LogP contribution is -2.52. The molecule has 0 aromatic heterocycles. The highest BCUT2D eigenvalue weighted by atomic mass is 32.2. The van der Waals surface area contributed by atoms with Crippen LogP contribution >= 0.6 is 11.9 Å². The number of hydrogen-bond donors (Lipinski definition) is 0. The minimum Gasteiger partial charge on any atom is -0.410 e. The van der Waals surface area contributed by atoms with Crippen LogP contribution in [0.1, 0.15) is 20.3 Å². The lowest BCUT2D eigenvalue weighted by atomic mass is 10.0. The van der Waals surface area contributed by atoms with Gasteiger partial charge in [0.2, 0.25) is 5.91 Å². The fourth-order valence-electron chi connectivity index (χ4n) is 4.59. The van der Waals surface area contributed by atoms with Gasteiger partial charge in [0.25, 0.3) is 0 Å². The Morgan fingerprint density at radius 2 is 1.69 bits per heavy atom. The number of amides is 2. The van der Waals surface area contributed by atoms with E-state index >= 15 is 0 Å². The number of benzene rings is 3. The van der Waals surface area contributed by atoms with E-state index in [0.29, 0.717) is 11.4 Å². The highest BCUT2D eigenvalue weighted by Gasteiger charge is 2.34. The van der Waals surface area contributed by atoms with Gasteiger partial charge in [-0.2, -0.15) is 0 Å². The van der Waals surface area contributed by atoms with Gasteiger partial charge in [-0.15, -0.1) is 0 Å². The highest BCUT2D eigenvalue weighted by Crippen LogP contribution is 2.40. The van der Waals surface area contributed by atoms with Gasteiger partial charge in [-0.05, 0) is 85.0 Å². The van der Waals surface area contributed by atoms with E-state index in [4.69, 9.17) is 4.74 Å². The van der Waals surface area contributed by atoms with Crippen LogP contribution in [0.5, 0.6) is 5.75 Å². The van der Waals surface area contributed by atoms with E-state index in [1.807, 2.05) is 37.1 Å². The molecule has 3 aromatic rings. The van der Waals surface area contributed by atoms with Gasteiger partial charge in [0.1, 0.15) is 11.6 Å². The lowest BCUT2D eigenvalue weighted by molar-refractivity contribution is -0.117. The van der Waals surface area contributed by atoms with Crippen LogP contribution in [0.15, 0.2) is 66.7 Å². The summed E-state index contributed by atoms with van der Waals surface area (Å²) in [5.74, 6) is 0.899. The number of rotatable bonds is 3. The number of nitrogens with zero attached hydrogens (tertiary/aromatic N) is 3. The molecule has 8 heteroatoms. The van der Waals surface area contributed by atoms with Crippen molar-refractivity contribution in [2.24, 2.45) is 0 Å². The number of anilines is 3. The summed E-state index contributed by atoms with van der Waals surface area (Å²) >= 11 is 1.84. The molecule has 5 rings (SSSR count). The normalized spacial score (nSPS) is 17.3. The van der Waals surface area contributed by atoms with Crippen LogP contribution in [-0.2, 0) is 4.79 Å². The molecule has 0 unspecified atom stereocenters. The maximum Gasteiger partial charge on any atom is 0.419 e. The van der Waals surface area contributed by atoms with E-state index in [-0.39, 0.29) is 24.2 Å². The van der Waals surface area contributed by atoms with Crippen molar-refractivity contribution in [3.63, 3.8) is 0 Å². The monoisotopic (exact) mass is 491 g/mol. The van der Waals surface area contributed by atoms with Crippen LogP contribution < -0.4 is 18.8 Å². The standard InChI is InChI=1S/C27H26FN3O3S/c1-18-17-29(27(33)34-24-11-7-22(28)8-12-24)26-16-21(6-13-25(26)31(18)19(2)32)20-4-9-23(10-5-20)30-14-3-15-35-30/h4-13,16,18H,3,14-15,17H2,1-2H3/t18-/m0/s1. The molecule has 0 radical (unpaired) electrons. The van der Waals surface area contributed by atoms with Gasteiger partial charge >= 0.3 is 6.09 Å². The molecule has 1 fully saturated rings. The van der Waals surface area contributed by atoms with Crippen LogP contribution in [-0.4, -0.2) is 36.9 Å². The van der Waals surface area contributed by atoms with Crippen LogP contribution in [0.4, 0.5) is 26.2 Å². The number of carbonyl (C=O) groups excluding carboxylic acids is 2. The minimum atomic E-state index is -0.577. The Bertz CT molecular complexity index is 1240. The number of hydrogen-bond acceptors (Lipinski definition) is 5. The molecule has 2 heterocycles. The number of carbonyl (C=O) groups is 2. The smallest absolute Gasteiger partial charge is 0.410 e. The second-order valence-corrected chi connectivity index (χ2v) is 9.82. The van der Waals surface area contributed by atoms with Crippen LogP contribution in [0.25, 0.3) is 11.1 Å². The molecule has 2 aliphatic rings. The third-order valence-corrected chi connectivity index (χ3v) is 7.41. The molecule has 180 valence electrons. The first-order valence-corrected chi connectivity index (χ1v) is 12.5. The van der Waals surface area contributed by atoms with Crippen molar-refractivity contribution in [1.29, 1.82) is 0 Å². The Hall–Kier alpha value is -3.52. The molecule has 0 bridgehead atoms. The van der Waals surface area contributed by atoms with Crippen molar-refractivity contribution in [3.05, 3.63) is 72.5 Å². The van der Waals surface area contributed by atoms with Crippen molar-refractivity contribution in [2.45, 2.75) is 26.3 Å². The minimum absolute atomic E-state index is 0.0921. The summed E-state index contributed by atoms with van der Waals surface area (Å²) in [5, 5.41) is 0. The maximum atomic E-state index is 13.3. The van der Waals surface area contributed by atoms with Gasteiger partial charge in [-0.3, -0.25) is 9.69 Å². The van der Waals surface area contributed by atoms with Crippen molar-refractivity contribution >= 4 is 41.0 Å². The van der Waals surface area contributed by atoms with E-state index < -0.39 is 11.9 Å². The molecule has 3 aromatic carbocycles. The van der Waals surface area contributed by atoms with Crippen molar-refractivity contribution in [3.8, 4) is 16.9 Å². The Kier molecular flexibility index (Phi) is 6.38. The first kappa shape index (κ1) is 23.2. The SMILES string of the molecule is CC(=O)N1c2ccc(-c3ccc(N4CCCS4)cc3)cc2N(C(=O)Oc2ccc(F)cc2)C[C@@H]1C. The van der Waals surface area contributed by atoms with Gasteiger partial charge in [0.15, 0.2) is 0 Å². The zero-order valence-electron chi connectivity index (χ0n) is 19.6. The molecule has 0 N–H and O–H groups in total. The number of fused-ring (bicyclic) bond motifs is 1. The molecule has 1 atom stereocenters. The van der Waals surface area contributed by atoms with Crippen molar-refractivity contribution < 1.29 is 18.7 Å². The second-order valence-electron chi connectivity index (χ2n) is 8.71. The average Bonchev–Trinajstić information content (AvgIpc) is 3.39. The van der Waals surface area contributed by atoms with Crippen LogP contribution in [0, 0.1) is 5.82 Å². The van der Waals surface area contributed by atoms with Gasteiger partial charge < -0.3 is 13.9 Å². The average molecular weight is 492 g/mol. The van der Waals surface area contributed by atoms with Crippen molar-refractivity contribution in [1.82, 2.24) is 0 Å². The Morgan fingerprint density at radius 1 is 0.971 bits per heavy atom. The molecule has 0 spiro atoms. The quantitative estimate of drug-likeness (QED) is 0.414. The van der Waals surface area contributed by atoms with E-state index in [9.17, 15) is 14.0 Å². The summed E-state index contributed by atoms with van der Waals surface area (Å²) in [6, 6.07) is 19.2. The van der Waals surface area contributed by atoms with E-state index in [2.05, 4.69) is 28.6 Å². The first-order chi connectivity index (χ1) is 16.9. The lowest BCUT2D eigenvalue weighted by Gasteiger charge is -2.40. The molecule has 0 saturated carbocycles. The van der Waals surface area contributed by atoms with Crippen molar-refractivity contribution in [2.75, 3.05) is 32.9 Å². The van der Waals surface area contributed by atoms with E-state index in [1.165, 1.54) is 43.3 Å². The van der Waals surface area contributed by atoms with Gasteiger partial charge in [-0.25, -0.2) is 9.18 Å². The van der Waals surface area contributed by atoms with Gasteiger partial charge in [-0.1, -0.05) is 18.2 Å². The molecule has 6 nitrogen and oxygen atoms in total. The zero-order valence-corrected chi connectivity index (χ0v) is 20.4. The Morgan fingerprint density at radius 3 is 2.34 bits per heavy atom. The highest BCUT2D eigenvalue weighted by molar-refractivity contribution is 8.00. The van der Waals surface area contributed by atoms with E-state index in [1.54, 1.807) is 9.80 Å². The molecular weight excluding hydrogens is 465 g/mol. The predicted molar refractivity (Wildman–Crippen MR) is 139 cm³/mol. The molecule has 2 amide bonds. The molecule has 2 aliphatic heterocycles. The maximum absolute atomic E-state index is 13.3. The van der Waals surface area contributed by atoms with Gasteiger partial charge in [0, 0.05) is 31.5 Å². The predicted octanol–water partition coefficient (Wildman–Crippen LogP) is 6.11. The molecular formula is C27H26FN3O3S. The zero-order chi connectivity index (χ0) is 24.5. The summed E-state index contributed by atoms with van der Waals surface area (Å²) < 4.78 is 21.1. The molecule has 1 saturated heterocycles. The topological polar surface area (TPSA) is 53.1 Å². The summed E-state index contributed by atoms with van der Waals surface area (Å²) in [4.78, 5) is 28.9. The fourth-order valence-corrected chi connectivity index (χ4v) is 5.59. The summed E-state index contributed by atoms with van der Waals surface area (Å²) in [6.45, 7) is 4.75. The van der Waals surface area contributed by atoms with Gasteiger partial charge in [0.05, 0.1) is 17.4 Å². The third kappa shape index (κ3) is 4.71. The second kappa shape index (κ2) is 9.62. The summed E-state index contributed by atoms with van der Waals surface area (Å²) in [7, 11) is 0. The molecule has 35 heavy (non-hydrogen) atoms. The summed E-state index contributed by atoms with van der Waals surface area (Å²) in [6.07, 6.45) is 0.609. The van der Waals surface area contributed by atoms with Crippen LogP contribution in [0.2, 0.25) is 0 Å². The Balaban J connectivity index is 1.48. The third-order valence-electron chi connectivity index (χ3n) is 6.23. The summed E-state index contributed by atoms with van der Waals surface area (Å²) in [5.41, 5.74) is 4.38. The van der Waals surface area contributed by atoms with E-state index in [0.717, 1.165) is 23.4 Å². The number of ether oxygens (including phenoxy) is 1. The molecule has 0 aliphatic carbocycles. The first-order valence-electron chi connectivity index (χ1n) is 11.6. The number of halogens is 1. The fraction of sp³-hybridized carbons (Fsp3) is 0.259. The van der Waals surface area contributed by atoms with Crippen LogP contribution in [0.3, 0.4) is 0 Å². The largest absolute Gasteiger partial charge is 0.419 e.